The molecule has 1 unspecified atom stereocenters. The number of carbonyl (C=O) groups is 1. The zero-order valence-electron chi connectivity index (χ0n) is 13.0. The Labute approximate surface area is 125 Å². The maximum atomic E-state index is 11.8. The minimum absolute atomic E-state index is 0.0891. The number of hydrogen-bond donors (Lipinski definition) is 3. The highest BCUT2D eigenvalue weighted by Crippen LogP contribution is 2.26. The summed E-state index contributed by atoms with van der Waals surface area (Å²) in [6.07, 6.45) is -0.557. The van der Waals surface area contributed by atoms with Gasteiger partial charge in [0.25, 0.3) is 0 Å². The van der Waals surface area contributed by atoms with Crippen LogP contribution < -0.4 is 10.6 Å². The van der Waals surface area contributed by atoms with Crippen LogP contribution in [0.15, 0.2) is 17.5 Å². The summed E-state index contributed by atoms with van der Waals surface area (Å²) < 4.78 is 0. The molecule has 1 aromatic rings. The van der Waals surface area contributed by atoms with Crippen LogP contribution in [0, 0.1) is 5.41 Å². The summed E-state index contributed by atoms with van der Waals surface area (Å²) in [5.41, 5.74) is -0.322. The van der Waals surface area contributed by atoms with Crippen LogP contribution in [0.1, 0.15) is 39.5 Å². The summed E-state index contributed by atoms with van der Waals surface area (Å²) in [5, 5.41) is 17.5. The SMILES string of the molecule is CC(C)(CNC(=O)NCC(O)C(C)(C)C)c1cccs1. The monoisotopic (exact) mass is 298 g/mol. The van der Waals surface area contributed by atoms with Crippen molar-refractivity contribution in [2.24, 2.45) is 5.41 Å². The van der Waals surface area contributed by atoms with Gasteiger partial charge in [0.05, 0.1) is 6.10 Å². The van der Waals surface area contributed by atoms with E-state index < -0.39 is 6.10 Å². The number of thiophene rings is 1. The lowest BCUT2D eigenvalue weighted by Crippen LogP contribution is -2.46. The van der Waals surface area contributed by atoms with Crippen molar-refractivity contribution in [1.82, 2.24) is 10.6 Å². The Hall–Kier alpha value is -1.07. The van der Waals surface area contributed by atoms with Gasteiger partial charge in [-0.3, -0.25) is 0 Å². The van der Waals surface area contributed by atoms with E-state index in [2.05, 4.69) is 30.5 Å². The molecule has 114 valence electrons. The number of nitrogens with one attached hydrogen (secondary N) is 2. The Kier molecular flexibility index (Phi) is 5.59. The quantitative estimate of drug-likeness (QED) is 0.783. The number of aliphatic hydroxyl groups is 1. The van der Waals surface area contributed by atoms with E-state index >= 15 is 0 Å². The number of aliphatic hydroxyl groups excluding tert-OH is 1. The number of rotatable bonds is 5. The molecule has 0 spiro atoms. The van der Waals surface area contributed by atoms with Gasteiger partial charge >= 0.3 is 6.03 Å². The predicted octanol–water partition coefficient (Wildman–Crippen LogP) is 2.73. The Balaban J connectivity index is 2.37. The van der Waals surface area contributed by atoms with Gasteiger partial charge in [0.2, 0.25) is 0 Å². The van der Waals surface area contributed by atoms with E-state index in [9.17, 15) is 9.90 Å². The van der Waals surface area contributed by atoms with Crippen LogP contribution in [-0.2, 0) is 5.41 Å². The van der Waals surface area contributed by atoms with Gasteiger partial charge in [0.1, 0.15) is 0 Å². The number of hydrogen-bond acceptors (Lipinski definition) is 3. The van der Waals surface area contributed by atoms with E-state index in [-0.39, 0.29) is 23.4 Å². The van der Waals surface area contributed by atoms with Crippen molar-refractivity contribution in [3.63, 3.8) is 0 Å². The average molecular weight is 298 g/mol. The van der Waals surface area contributed by atoms with E-state index in [0.717, 1.165) is 0 Å². The molecule has 1 rings (SSSR count). The standard InChI is InChI=1S/C15H26N2O2S/c1-14(2,3)11(18)9-16-13(19)17-10-15(4,5)12-7-6-8-20-12/h6-8,11,18H,9-10H2,1-5H3,(H2,16,17,19). The number of carbonyl (C=O) groups excluding carboxylic acids is 1. The molecule has 0 radical (unpaired) electrons. The molecule has 1 aromatic heterocycles. The van der Waals surface area contributed by atoms with Crippen LogP contribution in [0.2, 0.25) is 0 Å². The molecule has 0 aliphatic carbocycles. The Morgan fingerprint density at radius 3 is 2.45 bits per heavy atom. The highest BCUT2D eigenvalue weighted by Gasteiger charge is 2.24. The fourth-order valence-electron chi connectivity index (χ4n) is 1.61. The van der Waals surface area contributed by atoms with Crippen molar-refractivity contribution in [3.8, 4) is 0 Å². The van der Waals surface area contributed by atoms with Crippen LogP contribution in [0.4, 0.5) is 4.79 Å². The highest BCUT2D eigenvalue weighted by atomic mass is 32.1. The molecule has 5 heteroatoms. The Morgan fingerprint density at radius 2 is 1.95 bits per heavy atom. The first-order valence-corrected chi connectivity index (χ1v) is 7.74. The second-order valence-corrected chi connectivity index (χ2v) is 7.75. The molecule has 20 heavy (non-hydrogen) atoms. The Bertz CT molecular complexity index is 422. The average Bonchev–Trinajstić information content (AvgIpc) is 2.86. The normalized spacial score (nSPS) is 13.9. The van der Waals surface area contributed by atoms with Gasteiger partial charge < -0.3 is 15.7 Å². The number of amides is 2. The van der Waals surface area contributed by atoms with E-state index in [1.807, 2.05) is 32.2 Å². The summed E-state index contributed by atoms with van der Waals surface area (Å²) in [5.74, 6) is 0. The van der Waals surface area contributed by atoms with Gasteiger partial charge in [0.15, 0.2) is 0 Å². The lowest BCUT2D eigenvalue weighted by Gasteiger charge is -2.27. The van der Waals surface area contributed by atoms with E-state index in [1.165, 1.54) is 4.88 Å². The molecule has 0 saturated heterocycles. The fourth-order valence-corrected chi connectivity index (χ4v) is 2.46. The lowest BCUT2D eigenvalue weighted by atomic mass is 9.89. The first-order valence-electron chi connectivity index (χ1n) is 6.87. The molecule has 0 saturated carbocycles. The maximum Gasteiger partial charge on any atom is 0.314 e. The van der Waals surface area contributed by atoms with Crippen molar-refractivity contribution in [2.45, 2.75) is 46.1 Å². The van der Waals surface area contributed by atoms with E-state index in [4.69, 9.17) is 0 Å². The van der Waals surface area contributed by atoms with E-state index in [0.29, 0.717) is 6.54 Å². The van der Waals surface area contributed by atoms with Crippen LogP contribution in [0.3, 0.4) is 0 Å². The van der Waals surface area contributed by atoms with Gasteiger partial charge in [-0.05, 0) is 16.9 Å². The van der Waals surface area contributed by atoms with Gasteiger partial charge in [-0.15, -0.1) is 11.3 Å². The van der Waals surface area contributed by atoms with Gasteiger partial charge in [-0.2, -0.15) is 0 Å². The number of urea groups is 1. The molecule has 3 N–H and O–H groups in total. The van der Waals surface area contributed by atoms with Crippen molar-refractivity contribution in [3.05, 3.63) is 22.4 Å². The van der Waals surface area contributed by atoms with Crippen LogP contribution >= 0.6 is 11.3 Å². The fraction of sp³-hybridized carbons (Fsp3) is 0.667. The second-order valence-electron chi connectivity index (χ2n) is 6.81. The maximum absolute atomic E-state index is 11.8. The molecule has 0 bridgehead atoms. The van der Waals surface area contributed by atoms with Crippen LogP contribution in [0.25, 0.3) is 0 Å². The van der Waals surface area contributed by atoms with Crippen molar-refractivity contribution in [2.75, 3.05) is 13.1 Å². The van der Waals surface area contributed by atoms with Crippen molar-refractivity contribution in [1.29, 1.82) is 0 Å². The van der Waals surface area contributed by atoms with E-state index in [1.54, 1.807) is 11.3 Å². The minimum Gasteiger partial charge on any atom is -0.391 e. The van der Waals surface area contributed by atoms with Crippen molar-refractivity contribution < 1.29 is 9.90 Å². The first-order chi connectivity index (χ1) is 9.13. The van der Waals surface area contributed by atoms with Gasteiger partial charge in [0, 0.05) is 23.4 Å². The van der Waals surface area contributed by atoms with Crippen LogP contribution in [-0.4, -0.2) is 30.3 Å². The molecule has 0 aromatic carbocycles. The third kappa shape index (κ3) is 5.13. The third-order valence-corrected chi connectivity index (χ3v) is 4.57. The Morgan fingerprint density at radius 1 is 1.30 bits per heavy atom. The summed E-state index contributed by atoms with van der Waals surface area (Å²) in [7, 11) is 0. The molecule has 1 heterocycles. The first kappa shape index (κ1) is 17.0. The highest BCUT2D eigenvalue weighted by molar-refractivity contribution is 7.10. The predicted molar refractivity (Wildman–Crippen MR) is 84.2 cm³/mol. The lowest BCUT2D eigenvalue weighted by molar-refractivity contribution is 0.0649. The summed E-state index contributed by atoms with van der Waals surface area (Å²) >= 11 is 1.69. The van der Waals surface area contributed by atoms with Gasteiger partial charge in [-0.1, -0.05) is 40.7 Å². The van der Waals surface area contributed by atoms with Crippen molar-refractivity contribution >= 4 is 17.4 Å². The summed E-state index contributed by atoms with van der Waals surface area (Å²) in [6.45, 7) is 10.8. The van der Waals surface area contributed by atoms with Crippen LogP contribution in [0.5, 0.6) is 0 Å². The molecule has 0 fully saturated rings. The molecular formula is C15H26N2O2S. The topological polar surface area (TPSA) is 61.4 Å². The molecule has 1 atom stereocenters. The molecule has 0 aliphatic rings. The third-order valence-electron chi connectivity index (χ3n) is 3.33. The molecule has 0 aliphatic heterocycles. The second kappa shape index (κ2) is 6.59. The zero-order valence-corrected chi connectivity index (χ0v) is 13.8. The largest absolute Gasteiger partial charge is 0.391 e. The molecule has 2 amide bonds. The molecule has 4 nitrogen and oxygen atoms in total. The summed E-state index contributed by atoms with van der Waals surface area (Å²) in [4.78, 5) is 13.0. The zero-order chi connectivity index (χ0) is 15.4. The molecular weight excluding hydrogens is 272 g/mol. The van der Waals surface area contributed by atoms with Gasteiger partial charge in [-0.25, -0.2) is 4.79 Å². The minimum atomic E-state index is -0.557. The smallest absolute Gasteiger partial charge is 0.314 e. The summed E-state index contributed by atoms with van der Waals surface area (Å²) in [6, 6.07) is 3.85.